The predicted molar refractivity (Wildman–Crippen MR) is 123 cm³/mol. The SMILES string of the molecule is CC(C)CC(OC(=O)C(CCC(C)CC(C)(C)C)C(C)CC(C)(C)C)C(C)C. The highest BCUT2D eigenvalue weighted by Crippen LogP contribution is 2.35. The van der Waals surface area contributed by atoms with Crippen molar-refractivity contribution in [3.8, 4) is 0 Å². The van der Waals surface area contributed by atoms with Crippen molar-refractivity contribution in [1.29, 1.82) is 0 Å². The monoisotopic (exact) mass is 396 g/mol. The Bertz CT molecular complexity index is 436. The van der Waals surface area contributed by atoms with E-state index in [0.29, 0.717) is 29.1 Å². The van der Waals surface area contributed by atoms with Crippen LogP contribution in [0, 0.1) is 40.4 Å². The zero-order chi connectivity index (χ0) is 22.3. The molecule has 0 heterocycles. The summed E-state index contributed by atoms with van der Waals surface area (Å²) in [6.07, 6.45) is 5.27. The summed E-state index contributed by atoms with van der Waals surface area (Å²) in [6.45, 7) is 27.0. The Hall–Kier alpha value is -0.530. The van der Waals surface area contributed by atoms with Crippen molar-refractivity contribution in [2.24, 2.45) is 40.4 Å². The topological polar surface area (TPSA) is 26.3 Å². The molecule has 28 heavy (non-hydrogen) atoms. The van der Waals surface area contributed by atoms with Crippen molar-refractivity contribution in [2.75, 3.05) is 0 Å². The molecule has 4 atom stereocenters. The van der Waals surface area contributed by atoms with Crippen LogP contribution >= 0.6 is 0 Å². The maximum atomic E-state index is 13.2. The van der Waals surface area contributed by atoms with Gasteiger partial charge in [-0.05, 0) is 66.6 Å². The predicted octanol–water partition coefficient (Wildman–Crippen LogP) is 8.14. The average molecular weight is 397 g/mol. The minimum Gasteiger partial charge on any atom is -0.462 e. The summed E-state index contributed by atoms with van der Waals surface area (Å²) in [5.41, 5.74) is 0.566. The zero-order valence-electron chi connectivity index (χ0n) is 21.3. The van der Waals surface area contributed by atoms with Crippen molar-refractivity contribution in [1.82, 2.24) is 0 Å². The van der Waals surface area contributed by atoms with E-state index in [1.54, 1.807) is 0 Å². The van der Waals surface area contributed by atoms with Crippen LogP contribution in [0.2, 0.25) is 0 Å². The first-order valence-electron chi connectivity index (χ1n) is 11.7. The number of carbonyl (C=O) groups excluding carboxylic acids is 1. The molecule has 2 heteroatoms. The third-order valence-corrected chi connectivity index (χ3v) is 5.57. The number of hydrogen-bond donors (Lipinski definition) is 0. The Morgan fingerprint density at radius 2 is 1.29 bits per heavy atom. The fourth-order valence-corrected chi connectivity index (χ4v) is 4.51. The van der Waals surface area contributed by atoms with Gasteiger partial charge in [-0.2, -0.15) is 0 Å². The van der Waals surface area contributed by atoms with Gasteiger partial charge in [-0.15, -0.1) is 0 Å². The van der Waals surface area contributed by atoms with Gasteiger partial charge in [0, 0.05) is 0 Å². The summed E-state index contributed by atoms with van der Waals surface area (Å²) in [4.78, 5) is 13.2. The van der Waals surface area contributed by atoms with Crippen molar-refractivity contribution in [3.63, 3.8) is 0 Å². The van der Waals surface area contributed by atoms with Crippen LogP contribution in [0.5, 0.6) is 0 Å². The molecule has 0 bridgehead atoms. The molecule has 4 unspecified atom stereocenters. The summed E-state index contributed by atoms with van der Waals surface area (Å²) < 4.78 is 6.11. The summed E-state index contributed by atoms with van der Waals surface area (Å²) in [7, 11) is 0. The highest BCUT2D eigenvalue weighted by molar-refractivity contribution is 5.73. The Labute approximate surface area is 177 Å². The lowest BCUT2D eigenvalue weighted by Gasteiger charge is -2.32. The molecule has 0 saturated heterocycles. The van der Waals surface area contributed by atoms with Crippen LogP contribution in [0.3, 0.4) is 0 Å². The maximum absolute atomic E-state index is 13.2. The van der Waals surface area contributed by atoms with Crippen molar-refractivity contribution < 1.29 is 9.53 Å². The molecule has 0 saturated carbocycles. The molecule has 0 aromatic carbocycles. The maximum Gasteiger partial charge on any atom is 0.309 e. The van der Waals surface area contributed by atoms with Gasteiger partial charge in [-0.1, -0.05) is 83.1 Å². The summed E-state index contributed by atoms with van der Waals surface area (Å²) >= 11 is 0. The fourth-order valence-electron chi connectivity index (χ4n) is 4.51. The second-order valence-corrected chi connectivity index (χ2v) is 12.6. The molecule has 0 radical (unpaired) electrons. The largest absolute Gasteiger partial charge is 0.462 e. The first-order valence-corrected chi connectivity index (χ1v) is 11.7. The number of esters is 1. The number of rotatable bonds is 11. The third-order valence-electron chi connectivity index (χ3n) is 5.57. The molecule has 0 N–H and O–H groups in total. The van der Waals surface area contributed by atoms with Gasteiger partial charge >= 0.3 is 5.97 Å². The second kappa shape index (κ2) is 11.6. The minimum atomic E-state index is 0.00931. The molecule has 0 rings (SSSR count). The Balaban J connectivity index is 5.21. The van der Waals surface area contributed by atoms with Gasteiger partial charge in [-0.3, -0.25) is 4.79 Å². The fraction of sp³-hybridized carbons (Fsp3) is 0.962. The molecule has 0 aliphatic carbocycles. The van der Waals surface area contributed by atoms with Gasteiger partial charge in [0.05, 0.1) is 5.92 Å². The minimum absolute atomic E-state index is 0.00931. The van der Waals surface area contributed by atoms with Gasteiger partial charge < -0.3 is 4.74 Å². The van der Waals surface area contributed by atoms with E-state index in [0.717, 1.165) is 25.7 Å². The molecule has 2 nitrogen and oxygen atoms in total. The van der Waals surface area contributed by atoms with Crippen LogP contribution in [-0.4, -0.2) is 12.1 Å². The lowest BCUT2D eigenvalue weighted by molar-refractivity contribution is -0.160. The molecular formula is C26H52O2. The van der Waals surface area contributed by atoms with Gasteiger partial charge in [0.2, 0.25) is 0 Å². The Kier molecular flexibility index (Phi) is 11.4. The molecule has 168 valence electrons. The number of hydrogen-bond acceptors (Lipinski definition) is 2. The summed E-state index contributed by atoms with van der Waals surface area (Å²) in [6, 6.07) is 0. The second-order valence-electron chi connectivity index (χ2n) is 12.6. The van der Waals surface area contributed by atoms with E-state index in [1.807, 2.05) is 0 Å². The average Bonchev–Trinajstić information content (AvgIpc) is 2.42. The molecule has 0 aromatic rings. The highest BCUT2D eigenvalue weighted by Gasteiger charge is 2.32. The molecule has 0 aromatic heterocycles. The van der Waals surface area contributed by atoms with E-state index in [1.165, 1.54) is 6.42 Å². The lowest BCUT2D eigenvalue weighted by Crippen LogP contribution is -2.33. The van der Waals surface area contributed by atoms with Crippen molar-refractivity contribution in [3.05, 3.63) is 0 Å². The first kappa shape index (κ1) is 27.5. The van der Waals surface area contributed by atoms with Gasteiger partial charge in [-0.25, -0.2) is 0 Å². The molecule has 0 aliphatic rings. The smallest absolute Gasteiger partial charge is 0.309 e. The Morgan fingerprint density at radius 1 is 0.786 bits per heavy atom. The first-order chi connectivity index (χ1) is 12.5. The van der Waals surface area contributed by atoms with Crippen molar-refractivity contribution >= 4 is 5.97 Å². The molecule has 0 fully saturated rings. The van der Waals surface area contributed by atoms with Crippen LogP contribution in [0.25, 0.3) is 0 Å². The normalized spacial score (nSPS) is 17.5. The van der Waals surface area contributed by atoms with E-state index in [-0.39, 0.29) is 23.4 Å². The lowest BCUT2D eigenvalue weighted by atomic mass is 9.76. The van der Waals surface area contributed by atoms with Crippen LogP contribution in [0.1, 0.15) is 115 Å². The third kappa shape index (κ3) is 12.8. The number of ether oxygens (including phenoxy) is 1. The van der Waals surface area contributed by atoms with Gasteiger partial charge in [0.15, 0.2) is 0 Å². The van der Waals surface area contributed by atoms with E-state index < -0.39 is 0 Å². The summed E-state index contributed by atoms with van der Waals surface area (Å²) in [5.74, 6) is 1.94. The standard InChI is InChI=1S/C26H52O2/c1-18(2)15-23(19(3)4)28-24(27)22(21(6)17-26(10,11)12)14-13-20(5)16-25(7,8)9/h18-23H,13-17H2,1-12H3. The quantitative estimate of drug-likeness (QED) is 0.329. The van der Waals surface area contributed by atoms with Crippen LogP contribution in [-0.2, 0) is 9.53 Å². The molecule has 0 spiro atoms. The van der Waals surface area contributed by atoms with E-state index in [4.69, 9.17) is 4.74 Å². The van der Waals surface area contributed by atoms with Crippen LogP contribution in [0.4, 0.5) is 0 Å². The van der Waals surface area contributed by atoms with Gasteiger partial charge in [0.25, 0.3) is 0 Å². The van der Waals surface area contributed by atoms with E-state index in [9.17, 15) is 4.79 Å². The van der Waals surface area contributed by atoms with E-state index in [2.05, 4.69) is 83.1 Å². The van der Waals surface area contributed by atoms with Crippen molar-refractivity contribution in [2.45, 2.75) is 121 Å². The number of carbonyl (C=O) groups is 1. The molecule has 0 amide bonds. The van der Waals surface area contributed by atoms with Gasteiger partial charge in [0.1, 0.15) is 6.10 Å². The molecular weight excluding hydrogens is 344 g/mol. The summed E-state index contributed by atoms with van der Waals surface area (Å²) in [5, 5.41) is 0. The van der Waals surface area contributed by atoms with Crippen LogP contribution < -0.4 is 0 Å². The van der Waals surface area contributed by atoms with Crippen LogP contribution in [0.15, 0.2) is 0 Å². The molecule has 0 aliphatic heterocycles. The highest BCUT2D eigenvalue weighted by atomic mass is 16.5. The van der Waals surface area contributed by atoms with E-state index >= 15 is 0 Å². The zero-order valence-corrected chi connectivity index (χ0v) is 21.3. The Morgan fingerprint density at radius 3 is 1.68 bits per heavy atom.